The van der Waals surface area contributed by atoms with Gasteiger partial charge in [-0.1, -0.05) is 46.4 Å². The molecule has 11 heteroatoms. The molecular weight excluding hydrogens is 438 g/mol. The van der Waals surface area contributed by atoms with Gasteiger partial charge < -0.3 is 5.73 Å². The highest BCUT2D eigenvalue weighted by molar-refractivity contribution is 6.36. The summed E-state index contributed by atoms with van der Waals surface area (Å²) in [5, 5.41) is -0.323. The van der Waals surface area contributed by atoms with Crippen molar-refractivity contribution in [3.63, 3.8) is 0 Å². The molecule has 2 aromatic carbocycles. The molecule has 25 heavy (non-hydrogen) atoms. The van der Waals surface area contributed by atoms with E-state index in [2.05, 4.69) is 0 Å². The highest BCUT2D eigenvalue weighted by Gasteiger charge is 2.34. The summed E-state index contributed by atoms with van der Waals surface area (Å²) in [6.45, 7) is 0. The van der Waals surface area contributed by atoms with Gasteiger partial charge in [0.25, 0.3) is 0 Å². The van der Waals surface area contributed by atoms with Crippen molar-refractivity contribution in [3.8, 4) is 0 Å². The van der Waals surface area contributed by atoms with Crippen LogP contribution < -0.4 is 5.73 Å². The summed E-state index contributed by atoms with van der Waals surface area (Å²) in [5.41, 5.74) is 2.78. The fourth-order valence-corrected chi connectivity index (χ4v) is 2.56. The van der Waals surface area contributed by atoms with Crippen LogP contribution in [0.4, 0.5) is 32.0 Å². The lowest BCUT2D eigenvalue weighted by molar-refractivity contribution is -0.138. The van der Waals surface area contributed by atoms with Crippen molar-refractivity contribution in [1.82, 2.24) is 0 Å². The Labute approximate surface area is 158 Å². The van der Waals surface area contributed by atoms with Gasteiger partial charge in [-0.2, -0.15) is 26.3 Å². The Morgan fingerprint density at radius 3 is 1.48 bits per heavy atom. The minimum absolute atomic E-state index is 0.0187. The number of benzene rings is 2. The van der Waals surface area contributed by atoms with Crippen molar-refractivity contribution in [1.29, 1.82) is 0 Å². The van der Waals surface area contributed by atoms with E-state index in [1.807, 2.05) is 0 Å². The van der Waals surface area contributed by atoms with Crippen LogP contribution in [0.2, 0.25) is 20.1 Å². The molecule has 2 N–H and O–H groups in total. The van der Waals surface area contributed by atoms with E-state index in [0.717, 1.165) is 24.3 Å². The van der Waals surface area contributed by atoms with E-state index in [1.54, 1.807) is 0 Å². The first-order valence-electron chi connectivity index (χ1n) is 6.07. The van der Waals surface area contributed by atoms with Gasteiger partial charge in [0.15, 0.2) is 0 Å². The summed E-state index contributed by atoms with van der Waals surface area (Å²) >= 11 is 21.5. The van der Waals surface area contributed by atoms with Gasteiger partial charge in [-0.3, -0.25) is 0 Å². The van der Waals surface area contributed by atoms with E-state index >= 15 is 0 Å². The lowest BCUT2D eigenvalue weighted by atomic mass is 10.2. The van der Waals surface area contributed by atoms with Crippen LogP contribution in [0.1, 0.15) is 11.1 Å². The largest absolute Gasteiger partial charge is 0.418 e. The molecule has 0 aliphatic carbocycles. The van der Waals surface area contributed by atoms with Crippen LogP contribution in [-0.2, 0) is 12.4 Å². The van der Waals surface area contributed by atoms with Crippen molar-refractivity contribution >= 4 is 52.1 Å². The van der Waals surface area contributed by atoms with E-state index in [-0.39, 0.29) is 20.1 Å². The number of hydrogen-bond acceptors (Lipinski definition) is 1. The standard InChI is InChI=1S/C7H4Cl2F3N.C7H3Cl2F3/c8-3-1-4(7(10,11)12)6(13)5(9)2-3;8-5-1-4(7(10,11)12)2-6(9)3-5/h1-2H,13H2;1-3H. The van der Waals surface area contributed by atoms with Crippen molar-refractivity contribution in [2.75, 3.05) is 5.73 Å². The quantitative estimate of drug-likeness (QED) is 0.328. The SMILES string of the molecule is FC(F)(F)c1cc(Cl)cc(Cl)c1.Nc1c(Cl)cc(Cl)cc1C(F)(F)F. The zero-order valence-electron chi connectivity index (χ0n) is 11.7. The maximum atomic E-state index is 12.2. The molecule has 0 fully saturated rings. The van der Waals surface area contributed by atoms with E-state index in [1.165, 1.54) is 6.07 Å². The number of nitrogens with two attached hydrogens (primary N) is 1. The van der Waals surface area contributed by atoms with Gasteiger partial charge in [0.05, 0.1) is 21.8 Å². The summed E-state index contributed by atoms with van der Waals surface area (Å²) in [4.78, 5) is 0. The summed E-state index contributed by atoms with van der Waals surface area (Å²) in [7, 11) is 0. The third-order valence-corrected chi connectivity index (χ3v) is 3.56. The minimum Gasteiger partial charge on any atom is -0.397 e. The Kier molecular flexibility index (Phi) is 7.15. The molecule has 0 heterocycles. The van der Waals surface area contributed by atoms with Crippen LogP contribution in [-0.4, -0.2) is 0 Å². The molecule has 1 nitrogen and oxygen atoms in total. The number of halogens is 10. The zero-order chi connectivity index (χ0) is 19.6. The molecule has 0 bridgehead atoms. The van der Waals surface area contributed by atoms with Crippen LogP contribution in [0.5, 0.6) is 0 Å². The summed E-state index contributed by atoms with van der Waals surface area (Å²) in [5.74, 6) is 0. The fraction of sp³-hybridized carbons (Fsp3) is 0.143. The molecule has 0 aliphatic rings. The second kappa shape index (κ2) is 8.12. The maximum Gasteiger partial charge on any atom is 0.418 e. The van der Waals surface area contributed by atoms with E-state index in [9.17, 15) is 26.3 Å². The van der Waals surface area contributed by atoms with Gasteiger partial charge in [0.2, 0.25) is 0 Å². The van der Waals surface area contributed by atoms with Crippen molar-refractivity contribution in [2.45, 2.75) is 12.4 Å². The fourth-order valence-electron chi connectivity index (χ4n) is 1.54. The summed E-state index contributed by atoms with van der Waals surface area (Å²) < 4.78 is 72.7. The Bertz CT molecular complexity index is 738. The molecule has 0 amide bonds. The molecule has 0 radical (unpaired) electrons. The second-order valence-corrected chi connectivity index (χ2v) is 6.22. The predicted molar refractivity (Wildman–Crippen MR) is 87.3 cm³/mol. The predicted octanol–water partition coefficient (Wildman–Crippen LogP) is 7.61. The Morgan fingerprint density at radius 1 is 0.640 bits per heavy atom. The monoisotopic (exact) mass is 443 g/mol. The summed E-state index contributed by atoms with van der Waals surface area (Å²) in [6.07, 6.45) is -8.92. The first-order valence-corrected chi connectivity index (χ1v) is 7.58. The lowest BCUT2D eigenvalue weighted by Gasteiger charge is -2.11. The average Bonchev–Trinajstić information content (AvgIpc) is 2.40. The van der Waals surface area contributed by atoms with E-state index in [0.29, 0.717) is 0 Å². The van der Waals surface area contributed by atoms with Crippen LogP contribution in [0.15, 0.2) is 30.3 Å². The van der Waals surface area contributed by atoms with E-state index in [4.69, 9.17) is 52.1 Å². The smallest absolute Gasteiger partial charge is 0.397 e. The molecule has 2 rings (SSSR count). The molecule has 0 aliphatic heterocycles. The lowest BCUT2D eigenvalue weighted by Crippen LogP contribution is -2.09. The van der Waals surface area contributed by atoms with Gasteiger partial charge >= 0.3 is 12.4 Å². The maximum absolute atomic E-state index is 12.2. The molecule has 0 aromatic heterocycles. The third kappa shape index (κ3) is 6.66. The topological polar surface area (TPSA) is 26.0 Å². The van der Waals surface area contributed by atoms with Crippen molar-refractivity contribution in [3.05, 3.63) is 61.5 Å². The zero-order valence-corrected chi connectivity index (χ0v) is 14.8. The average molecular weight is 445 g/mol. The molecular formula is C14H7Cl4F6N. The molecule has 0 saturated carbocycles. The van der Waals surface area contributed by atoms with Crippen LogP contribution in [0, 0.1) is 0 Å². The number of alkyl halides is 6. The van der Waals surface area contributed by atoms with Gasteiger partial charge in [-0.05, 0) is 30.3 Å². The van der Waals surface area contributed by atoms with Crippen molar-refractivity contribution < 1.29 is 26.3 Å². The first-order chi connectivity index (χ1) is 11.2. The number of hydrogen-bond donors (Lipinski definition) is 1. The van der Waals surface area contributed by atoms with Crippen LogP contribution in [0.25, 0.3) is 0 Å². The van der Waals surface area contributed by atoms with Gasteiger partial charge in [-0.25, -0.2) is 0 Å². The van der Waals surface area contributed by atoms with Gasteiger partial charge in [0, 0.05) is 15.1 Å². The molecule has 2 aromatic rings. The third-order valence-electron chi connectivity index (χ3n) is 2.59. The molecule has 0 spiro atoms. The normalized spacial score (nSPS) is 11.8. The van der Waals surface area contributed by atoms with Crippen molar-refractivity contribution in [2.24, 2.45) is 0 Å². The first kappa shape index (κ1) is 22.0. The molecule has 138 valence electrons. The van der Waals surface area contributed by atoms with Crippen LogP contribution >= 0.6 is 46.4 Å². The molecule has 0 atom stereocenters. The Hall–Kier alpha value is -1.02. The number of anilines is 1. The van der Waals surface area contributed by atoms with Gasteiger partial charge in [0.1, 0.15) is 0 Å². The number of rotatable bonds is 0. The highest BCUT2D eigenvalue weighted by atomic mass is 35.5. The Balaban J connectivity index is 0.000000251. The van der Waals surface area contributed by atoms with E-state index < -0.39 is 29.2 Å². The second-order valence-electron chi connectivity index (χ2n) is 4.50. The Morgan fingerprint density at radius 2 is 1.08 bits per heavy atom. The minimum atomic E-state index is -4.53. The number of nitrogen functional groups attached to an aromatic ring is 1. The molecule has 0 saturated heterocycles. The van der Waals surface area contributed by atoms with Gasteiger partial charge in [-0.15, -0.1) is 0 Å². The highest BCUT2D eigenvalue weighted by Crippen LogP contribution is 2.38. The molecule has 0 unspecified atom stereocenters. The van der Waals surface area contributed by atoms with Crippen LogP contribution in [0.3, 0.4) is 0 Å². The summed E-state index contributed by atoms with van der Waals surface area (Å²) in [6, 6.07) is 4.80.